The van der Waals surface area contributed by atoms with E-state index in [0.29, 0.717) is 0 Å². The Labute approximate surface area is 57.7 Å². The Hall–Kier alpha value is -0.830. The fourth-order valence-corrected chi connectivity index (χ4v) is 1.22. The quantitative estimate of drug-likeness (QED) is 0.250. The molecule has 1 aromatic heterocycles. The van der Waals surface area contributed by atoms with Crippen LogP contribution in [0.1, 0.15) is 4.88 Å². The van der Waals surface area contributed by atoms with Crippen molar-refractivity contribution in [3.05, 3.63) is 27.6 Å². The minimum atomic E-state index is 0.797. The molecule has 0 aromatic carbocycles. The number of rotatable bonds is 1. The lowest BCUT2D eigenvalue weighted by Gasteiger charge is -1.90. The highest BCUT2D eigenvalue weighted by Gasteiger charge is 1.88. The van der Waals surface area contributed by atoms with Crippen LogP contribution in [0.25, 0.3) is 0 Å². The Kier molecular flexibility index (Phi) is 1.85. The van der Waals surface area contributed by atoms with Crippen LogP contribution in [0.4, 0.5) is 0 Å². The molecule has 0 aliphatic rings. The third kappa shape index (κ3) is 1.85. The predicted octanol–water partition coefficient (Wildman–Crippen LogP) is 1.31. The Morgan fingerprint density at radius 2 is 2.56 bits per heavy atom. The summed E-state index contributed by atoms with van der Waals surface area (Å²) in [6.07, 6.45) is 1.55. The molecule has 2 nitrogen and oxygen atoms in total. The molecule has 0 unspecified atom stereocenters. The minimum absolute atomic E-state index is 0.797. The first-order valence-electron chi connectivity index (χ1n) is 2.57. The van der Waals surface area contributed by atoms with Crippen LogP contribution in [-0.2, 0) is 0 Å². The third-order valence-electron chi connectivity index (χ3n) is 0.852. The maximum atomic E-state index is 10.4. The van der Waals surface area contributed by atoms with Crippen molar-refractivity contribution in [2.45, 2.75) is 0 Å². The van der Waals surface area contributed by atoms with Gasteiger partial charge in [0.05, 0.1) is 4.88 Å². The van der Waals surface area contributed by atoms with E-state index < -0.39 is 0 Å². The maximum absolute atomic E-state index is 10.4. The van der Waals surface area contributed by atoms with Gasteiger partial charge in [-0.05, 0) is 11.4 Å². The second-order valence-electron chi connectivity index (χ2n) is 1.69. The molecular weight excluding hydrogens is 134 g/mol. The molecule has 0 amide bonds. The lowest BCUT2D eigenvalue weighted by Crippen LogP contribution is -1.94. The van der Waals surface area contributed by atoms with Gasteiger partial charge in [0.1, 0.15) is 7.05 Å². The van der Waals surface area contributed by atoms with E-state index in [4.69, 9.17) is 0 Å². The summed E-state index contributed by atoms with van der Waals surface area (Å²) in [5.74, 6) is 0. The minimum Gasteiger partial charge on any atom is -0.624 e. The summed E-state index contributed by atoms with van der Waals surface area (Å²) in [4.78, 5) is 0.993. The summed E-state index contributed by atoms with van der Waals surface area (Å²) in [6, 6.07) is 3.82. The van der Waals surface area contributed by atoms with Gasteiger partial charge in [-0.3, -0.25) is 0 Å². The van der Waals surface area contributed by atoms with Gasteiger partial charge >= 0.3 is 0 Å². The van der Waals surface area contributed by atoms with Crippen LogP contribution in [0.5, 0.6) is 0 Å². The predicted molar refractivity (Wildman–Crippen MR) is 39.0 cm³/mol. The molecule has 3 heteroatoms. The third-order valence-corrected chi connectivity index (χ3v) is 1.66. The lowest BCUT2D eigenvalue weighted by molar-refractivity contribution is -0.416. The Balaban J connectivity index is 2.80. The zero-order valence-corrected chi connectivity index (χ0v) is 5.89. The molecule has 9 heavy (non-hydrogen) atoms. The zero-order chi connectivity index (χ0) is 6.69. The van der Waals surface area contributed by atoms with E-state index in [1.54, 1.807) is 17.6 Å². The van der Waals surface area contributed by atoms with Gasteiger partial charge in [-0.1, -0.05) is 6.07 Å². The molecule has 0 spiro atoms. The van der Waals surface area contributed by atoms with Gasteiger partial charge in [0, 0.05) is 0 Å². The topological polar surface area (TPSA) is 26.1 Å². The zero-order valence-electron chi connectivity index (χ0n) is 5.07. The van der Waals surface area contributed by atoms with E-state index >= 15 is 0 Å². The van der Waals surface area contributed by atoms with Crippen molar-refractivity contribution in [3.8, 4) is 0 Å². The Morgan fingerprint density at radius 3 is 3.00 bits per heavy atom. The summed E-state index contributed by atoms with van der Waals surface area (Å²) < 4.78 is 0.797. The number of thiophene rings is 1. The van der Waals surface area contributed by atoms with Gasteiger partial charge in [0.25, 0.3) is 0 Å². The van der Waals surface area contributed by atoms with Crippen molar-refractivity contribution in [1.82, 2.24) is 0 Å². The van der Waals surface area contributed by atoms with Crippen molar-refractivity contribution in [1.29, 1.82) is 0 Å². The van der Waals surface area contributed by atoms with Crippen molar-refractivity contribution < 1.29 is 4.74 Å². The molecular formula is C6H7NOS. The summed E-state index contributed by atoms with van der Waals surface area (Å²) in [7, 11) is 1.47. The fourth-order valence-electron chi connectivity index (χ4n) is 0.544. The molecule has 0 aliphatic carbocycles. The van der Waals surface area contributed by atoms with Crippen LogP contribution in [0.2, 0.25) is 0 Å². The molecule has 1 rings (SSSR count). The molecule has 0 fully saturated rings. The highest BCUT2D eigenvalue weighted by molar-refractivity contribution is 7.11. The van der Waals surface area contributed by atoms with Gasteiger partial charge < -0.3 is 5.21 Å². The van der Waals surface area contributed by atoms with E-state index in [-0.39, 0.29) is 0 Å². The van der Waals surface area contributed by atoms with Crippen LogP contribution in [0.15, 0.2) is 17.5 Å². The molecule has 0 saturated heterocycles. The lowest BCUT2D eigenvalue weighted by atomic mass is 10.5. The van der Waals surface area contributed by atoms with Crippen molar-refractivity contribution in [3.63, 3.8) is 0 Å². The summed E-state index contributed by atoms with van der Waals surface area (Å²) >= 11 is 1.55. The van der Waals surface area contributed by atoms with E-state index in [9.17, 15) is 5.21 Å². The smallest absolute Gasteiger partial charge is 0.191 e. The SMILES string of the molecule is C/[N+]([O-])=C\c1cccs1. The van der Waals surface area contributed by atoms with Gasteiger partial charge in [-0.25, -0.2) is 4.74 Å². The van der Waals surface area contributed by atoms with Gasteiger partial charge in [0.2, 0.25) is 0 Å². The van der Waals surface area contributed by atoms with Gasteiger partial charge in [-0.2, -0.15) is 0 Å². The first-order chi connectivity index (χ1) is 4.29. The maximum Gasteiger partial charge on any atom is 0.191 e. The molecule has 0 N–H and O–H groups in total. The van der Waals surface area contributed by atoms with Crippen LogP contribution >= 0.6 is 11.3 Å². The number of hydrogen-bond acceptors (Lipinski definition) is 2. The largest absolute Gasteiger partial charge is 0.624 e. The second-order valence-corrected chi connectivity index (χ2v) is 2.67. The van der Waals surface area contributed by atoms with E-state index in [2.05, 4.69) is 0 Å². The summed E-state index contributed by atoms with van der Waals surface area (Å²) in [6.45, 7) is 0. The first-order valence-corrected chi connectivity index (χ1v) is 3.45. The molecule has 0 atom stereocenters. The molecule has 0 radical (unpaired) electrons. The molecule has 0 bridgehead atoms. The average molecular weight is 141 g/mol. The van der Waals surface area contributed by atoms with E-state index in [1.807, 2.05) is 17.5 Å². The molecule has 1 aromatic rings. The van der Waals surface area contributed by atoms with Crippen LogP contribution < -0.4 is 0 Å². The second kappa shape index (κ2) is 2.64. The highest BCUT2D eigenvalue weighted by atomic mass is 32.1. The van der Waals surface area contributed by atoms with Crippen molar-refractivity contribution in [2.24, 2.45) is 0 Å². The number of hydrogen-bond donors (Lipinski definition) is 0. The highest BCUT2D eigenvalue weighted by Crippen LogP contribution is 2.03. The monoisotopic (exact) mass is 141 g/mol. The first kappa shape index (κ1) is 6.29. The Morgan fingerprint density at radius 1 is 1.78 bits per heavy atom. The molecule has 0 aliphatic heterocycles. The van der Waals surface area contributed by atoms with E-state index in [1.165, 1.54) is 7.05 Å². The normalized spacial score (nSPS) is 11.9. The molecule has 1 heterocycles. The summed E-state index contributed by atoms with van der Waals surface area (Å²) in [5.41, 5.74) is 0. The van der Waals surface area contributed by atoms with Crippen LogP contribution in [0, 0.1) is 5.21 Å². The van der Waals surface area contributed by atoms with Crippen LogP contribution in [-0.4, -0.2) is 18.0 Å². The van der Waals surface area contributed by atoms with Crippen molar-refractivity contribution >= 4 is 17.6 Å². The van der Waals surface area contributed by atoms with Gasteiger partial charge in [0.15, 0.2) is 6.21 Å². The fraction of sp³-hybridized carbons (Fsp3) is 0.167. The standard InChI is InChI=1S/C6H7NOS/c1-7(8)5-6-3-2-4-9-6/h2-5H,1H3/b7-5+. The molecule has 48 valence electrons. The summed E-state index contributed by atoms with van der Waals surface area (Å²) in [5, 5.41) is 12.3. The Bertz CT molecular complexity index is 199. The molecule has 0 saturated carbocycles. The average Bonchev–Trinajstić information content (AvgIpc) is 2.15. The number of nitrogens with zero attached hydrogens (tertiary/aromatic N) is 1. The van der Waals surface area contributed by atoms with Crippen LogP contribution in [0.3, 0.4) is 0 Å². The van der Waals surface area contributed by atoms with Crippen molar-refractivity contribution in [2.75, 3.05) is 7.05 Å². The van der Waals surface area contributed by atoms with Gasteiger partial charge in [-0.15, -0.1) is 11.3 Å². The number of hydroxylamine groups is 1. The van der Waals surface area contributed by atoms with E-state index in [0.717, 1.165) is 9.62 Å².